The Kier molecular flexibility index (Phi) is 17.6. The number of nitrogens with one attached hydrogen (secondary N) is 2. The Morgan fingerprint density at radius 1 is 1.05 bits per heavy atom. The molecule has 0 bridgehead atoms. The minimum atomic E-state index is -4.24. The van der Waals surface area contributed by atoms with Crippen molar-refractivity contribution in [1.29, 1.82) is 0 Å². The van der Waals surface area contributed by atoms with Gasteiger partial charge >= 0.3 is 7.82 Å². The van der Waals surface area contributed by atoms with E-state index in [4.69, 9.17) is 31.3 Å². The summed E-state index contributed by atoms with van der Waals surface area (Å²) in [6, 6.07) is -1.69. The molecule has 2 fully saturated rings. The number of ether oxygens (including phenoxy) is 4. The average molecular weight is 650 g/mol. The molecule has 252 valence electrons. The molecule has 0 aromatic heterocycles. The van der Waals surface area contributed by atoms with E-state index in [0.29, 0.717) is 32.2 Å². The van der Waals surface area contributed by atoms with Crippen molar-refractivity contribution >= 4 is 27.5 Å². The van der Waals surface area contributed by atoms with Gasteiger partial charge in [-0.3, -0.25) is 18.6 Å². The number of phosphoric ester groups is 1. The number of aliphatic hydroxyl groups excluding tert-OH is 3. The number of carbonyl (C=O) groups is 2. The lowest BCUT2D eigenvalue weighted by Gasteiger charge is -2.42. The van der Waals surface area contributed by atoms with E-state index in [-0.39, 0.29) is 25.0 Å². The Labute approximate surface area is 260 Å². The number of carbonyl (C=O) groups excluding carboxylic acids is 2. The number of aliphatic hydroxyl groups is 3. The lowest BCUT2D eigenvalue weighted by molar-refractivity contribution is -0.270. The molecule has 2 aliphatic heterocycles. The molecule has 2 unspecified atom stereocenters. The standard InChI is InChI=1S/C27H48BN2O13P/c1-17(32)30-22-24(35)23(34)19(15-31)42-27(22)40-14-10-8-12-21(33)29-13-9-6-4-5-7-11-18-25(43-44(36,37)39-3)20(16-38-2)41-26(18)28/h5,7,18-20,22-27,31,34-35H,4,6,8-16H2,1-3H3,(H,29,33)(H,30,32)(H,36,37)/b7-5+/t18?,19-,20-,22-,23+,24-,25-,26-,27-/m1/s1. The van der Waals surface area contributed by atoms with E-state index in [9.17, 15) is 34.4 Å². The van der Waals surface area contributed by atoms with Gasteiger partial charge in [0.25, 0.3) is 0 Å². The Balaban J connectivity index is 1.61. The Bertz CT molecular complexity index is 947. The van der Waals surface area contributed by atoms with Crippen molar-refractivity contribution in [2.75, 3.05) is 40.6 Å². The SMILES string of the molecule is [B][C@@H]1O[C@H](COC)[C@H](OP(=O)(O)OC)C1C/C=C/CCCCNC(=O)CCCCO[C@@H]1O[C@H](CO)[C@H](O)[C@H](O)[C@H]1NC(C)=O. The maximum absolute atomic E-state index is 12.2. The molecule has 6 N–H and O–H groups in total. The minimum Gasteiger partial charge on any atom is -0.394 e. The lowest BCUT2D eigenvalue weighted by atomic mass is 9.82. The molecule has 0 aliphatic carbocycles. The summed E-state index contributed by atoms with van der Waals surface area (Å²) >= 11 is 0. The summed E-state index contributed by atoms with van der Waals surface area (Å²) in [4.78, 5) is 33.4. The Hall–Kier alpha value is -1.43. The molecule has 0 aromatic carbocycles. The summed E-state index contributed by atoms with van der Waals surface area (Å²) in [6.07, 6.45) is 1.90. The Morgan fingerprint density at radius 2 is 1.80 bits per heavy atom. The van der Waals surface area contributed by atoms with Gasteiger partial charge in [0.1, 0.15) is 44.4 Å². The van der Waals surface area contributed by atoms with Crippen LogP contribution in [0.25, 0.3) is 0 Å². The molecule has 2 heterocycles. The van der Waals surface area contributed by atoms with Crippen molar-refractivity contribution < 1.29 is 62.4 Å². The van der Waals surface area contributed by atoms with Crippen molar-refractivity contribution in [2.45, 2.75) is 101 Å². The molecule has 0 saturated carbocycles. The van der Waals surface area contributed by atoms with Gasteiger partial charge in [-0.25, -0.2) is 4.57 Å². The third-order valence-electron chi connectivity index (χ3n) is 7.38. The highest BCUT2D eigenvalue weighted by Crippen LogP contribution is 2.48. The van der Waals surface area contributed by atoms with E-state index < -0.39 is 69.2 Å². The highest BCUT2D eigenvalue weighted by molar-refractivity contribution is 7.47. The molecule has 17 heteroatoms. The van der Waals surface area contributed by atoms with E-state index in [1.165, 1.54) is 14.0 Å². The van der Waals surface area contributed by atoms with Crippen LogP contribution in [0.3, 0.4) is 0 Å². The van der Waals surface area contributed by atoms with E-state index in [2.05, 4.69) is 15.2 Å². The summed E-state index contributed by atoms with van der Waals surface area (Å²) in [7, 11) is 4.42. The van der Waals surface area contributed by atoms with Crippen LogP contribution in [0.2, 0.25) is 0 Å². The number of phosphoric acid groups is 1. The first-order valence-electron chi connectivity index (χ1n) is 14.8. The third kappa shape index (κ3) is 12.8. The van der Waals surface area contributed by atoms with Gasteiger partial charge in [0.2, 0.25) is 11.8 Å². The molecule has 2 rings (SSSR count). The van der Waals surface area contributed by atoms with E-state index in [1.54, 1.807) is 0 Å². The predicted octanol–water partition coefficient (Wildman–Crippen LogP) is -0.362. The number of amides is 2. The van der Waals surface area contributed by atoms with Gasteiger partial charge in [0.15, 0.2) is 6.29 Å². The summed E-state index contributed by atoms with van der Waals surface area (Å²) < 4.78 is 43.8. The van der Waals surface area contributed by atoms with Crippen LogP contribution >= 0.6 is 7.82 Å². The van der Waals surface area contributed by atoms with Crippen molar-refractivity contribution in [3.63, 3.8) is 0 Å². The summed E-state index contributed by atoms with van der Waals surface area (Å²) in [5.74, 6) is -0.885. The average Bonchev–Trinajstić information content (AvgIpc) is 3.25. The second-order valence-corrected chi connectivity index (χ2v) is 12.3. The van der Waals surface area contributed by atoms with Crippen molar-refractivity contribution in [1.82, 2.24) is 10.6 Å². The number of unbranched alkanes of at least 4 members (excludes halogenated alkanes) is 3. The van der Waals surface area contributed by atoms with Gasteiger partial charge < -0.3 is 49.8 Å². The van der Waals surface area contributed by atoms with E-state index in [0.717, 1.165) is 26.4 Å². The fraction of sp³-hybridized carbons (Fsp3) is 0.852. The molecule has 2 amide bonds. The minimum absolute atomic E-state index is 0.0893. The molecule has 2 saturated heterocycles. The summed E-state index contributed by atoms with van der Waals surface area (Å²) in [5, 5.41) is 35.1. The van der Waals surface area contributed by atoms with Gasteiger partial charge in [-0.05, 0) is 38.5 Å². The maximum atomic E-state index is 12.2. The molecule has 15 nitrogen and oxygen atoms in total. The van der Waals surface area contributed by atoms with Gasteiger partial charge in [-0.1, -0.05) is 12.2 Å². The normalized spacial score (nSPS) is 32.0. The first-order valence-corrected chi connectivity index (χ1v) is 16.3. The smallest absolute Gasteiger partial charge is 0.394 e. The van der Waals surface area contributed by atoms with Crippen LogP contribution in [0.1, 0.15) is 51.9 Å². The van der Waals surface area contributed by atoms with E-state index >= 15 is 0 Å². The zero-order chi connectivity index (χ0) is 32.7. The number of hydrogen-bond acceptors (Lipinski definition) is 12. The monoisotopic (exact) mass is 650 g/mol. The molecule has 10 atom stereocenters. The van der Waals surface area contributed by atoms with Gasteiger partial charge in [-0.2, -0.15) is 0 Å². The van der Waals surface area contributed by atoms with Crippen LogP contribution in [0.15, 0.2) is 12.2 Å². The van der Waals surface area contributed by atoms with Crippen LogP contribution < -0.4 is 10.6 Å². The molecule has 44 heavy (non-hydrogen) atoms. The Morgan fingerprint density at radius 3 is 2.45 bits per heavy atom. The van der Waals surface area contributed by atoms with Crippen LogP contribution in [-0.4, -0.2) is 129 Å². The maximum Gasteiger partial charge on any atom is 0.472 e. The van der Waals surface area contributed by atoms with Crippen molar-refractivity contribution in [3.05, 3.63) is 12.2 Å². The van der Waals surface area contributed by atoms with Gasteiger partial charge in [0, 0.05) is 52.6 Å². The molecule has 0 aromatic rings. The second-order valence-electron chi connectivity index (χ2n) is 10.8. The summed E-state index contributed by atoms with van der Waals surface area (Å²) in [5.41, 5.74) is 0. The first kappa shape index (κ1) is 38.8. The largest absolute Gasteiger partial charge is 0.472 e. The number of allylic oxidation sites excluding steroid dienone is 2. The zero-order valence-electron chi connectivity index (χ0n) is 25.6. The molecule has 2 aliphatic rings. The highest BCUT2D eigenvalue weighted by atomic mass is 31.2. The summed E-state index contributed by atoms with van der Waals surface area (Å²) in [6.45, 7) is 1.61. The lowest BCUT2D eigenvalue weighted by Crippen LogP contribution is -2.64. The molecule has 2 radical (unpaired) electrons. The van der Waals surface area contributed by atoms with Crippen LogP contribution in [0.5, 0.6) is 0 Å². The molecule has 0 spiro atoms. The topological polar surface area (TPSA) is 212 Å². The number of methoxy groups -OCH3 is 1. The zero-order valence-corrected chi connectivity index (χ0v) is 26.5. The van der Waals surface area contributed by atoms with Crippen molar-refractivity contribution in [2.24, 2.45) is 5.92 Å². The van der Waals surface area contributed by atoms with Crippen LogP contribution in [0, 0.1) is 5.92 Å². The van der Waals surface area contributed by atoms with Gasteiger partial charge in [-0.15, -0.1) is 0 Å². The first-order chi connectivity index (χ1) is 20.9. The molecular weight excluding hydrogens is 602 g/mol. The quantitative estimate of drug-likeness (QED) is 0.0431. The fourth-order valence-corrected chi connectivity index (χ4v) is 5.71. The fourth-order valence-electron chi connectivity index (χ4n) is 5.03. The van der Waals surface area contributed by atoms with Gasteiger partial charge in [0.05, 0.1) is 13.2 Å². The van der Waals surface area contributed by atoms with Crippen LogP contribution in [0.4, 0.5) is 0 Å². The van der Waals surface area contributed by atoms with Crippen LogP contribution in [-0.2, 0) is 42.1 Å². The number of hydrogen-bond donors (Lipinski definition) is 6. The predicted molar refractivity (Wildman–Crippen MR) is 157 cm³/mol. The second kappa shape index (κ2) is 19.9. The number of rotatable bonds is 20. The highest BCUT2D eigenvalue weighted by Gasteiger charge is 2.46. The third-order valence-corrected chi connectivity index (χ3v) is 8.36. The van der Waals surface area contributed by atoms with E-state index in [1.807, 2.05) is 12.2 Å². The molecular formula is C27H48BN2O13P. The van der Waals surface area contributed by atoms with Crippen molar-refractivity contribution in [3.8, 4) is 0 Å².